The quantitative estimate of drug-likeness (QED) is 0.883. The highest BCUT2D eigenvalue weighted by Crippen LogP contribution is 2.21. The number of amides is 1. The Morgan fingerprint density at radius 1 is 1.37 bits per heavy atom. The van der Waals surface area contributed by atoms with Crippen LogP contribution in [0, 0.1) is 5.92 Å². The average Bonchev–Trinajstić information content (AvgIpc) is 2.82. The molecule has 1 aromatic carbocycles. The van der Waals surface area contributed by atoms with Crippen molar-refractivity contribution >= 4 is 33.3 Å². The second-order valence-corrected chi connectivity index (χ2v) is 5.53. The van der Waals surface area contributed by atoms with E-state index < -0.39 is 5.97 Å². The zero-order chi connectivity index (χ0) is 13.8. The van der Waals surface area contributed by atoms with Gasteiger partial charge >= 0.3 is 5.97 Å². The number of carbonyl (C=O) groups excluding carboxylic acids is 1. The first-order chi connectivity index (χ1) is 9.06. The summed E-state index contributed by atoms with van der Waals surface area (Å²) in [6.07, 6.45) is 0.0594. The molecular weight excluding hydrogens is 262 g/mol. The molecule has 2 aromatic rings. The van der Waals surface area contributed by atoms with Crippen LogP contribution < -0.4 is 5.32 Å². The van der Waals surface area contributed by atoms with Crippen LogP contribution in [0.2, 0.25) is 0 Å². The van der Waals surface area contributed by atoms with E-state index in [1.54, 1.807) is 24.3 Å². The third kappa shape index (κ3) is 3.54. The summed E-state index contributed by atoms with van der Waals surface area (Å²) in [6, 6.07) is 7.54. The lowest BCUT2D eigenvalue weighted by molar-refractivity contribution is -0.137. The van der Waals surface area contributed by atoms with Crippen molar-refractivity contribution in [3.63, 3.8) is 0 Å². The van der Waals surface area contributed by atoms with E-state index in [4.69, 9.17) is 5.11 Å². The molecule has 1 aromatic heterocycles. The fourth-order valence-corrected chi connectivity index (χ4v) is 2.62. The molecule has 0 aliphatic heterocycles. The first-order valence-electron chi connectivity index (χ1n) is 6.03. The minimum absolute atomic E-state index is 0.0594. The molecule has 1 unspecified atom stereocenters. The maximum absolute atomic E-state index is 11.9. The van der Waals surface area contributed by atoms with Crippen molar-refractivity contribution in [1.82, 2.24) is 5.32 Å². The number of hydrogen-bond donors (Lipinski definition) is 2. The van der Waals surface area contributed by atoms with Gasteiger partial charge in [0.25, 0.3) is 5.91 Å². The Labute approximate surface area is 115 Å². The van der Waals surface area contributed by atoms with Gasteiger partial charge in [-0.05, 0) is 40.9 Å². The first-order valence-corrected chi connectivity index (χ1v) is 6.91. The van der Waals surface area contributed by atoms with Gasteiger partial charge < -0.3 is 10.4 Å². The number of rotatable bonds is 5. The predicted octanol–water partition coefficient (Wildman–Crippen LogP) is 2.74. The van der Waals surface area contributed by atoms with E-state index in [0.717, 1.165) is 10.1 Å². The van der Waals surface area contributed by atoms with Crippen LogP contribution in [-0.2, 0) is 4.79 Å². The Morgan fingerprint density at radius 2 is 2.16 bits per heavy atom. The standard InChI is InChI=1S/C14H15NO3S/c1-9(6-13(16)17)8-15-14(18)11-2-3-12-10(7-11)4-5-19-12/h2-5,7,9H,6,8H2,1H3,(H,15,18)(H,16,17). The topological polar surface area (TPSA) is 66.4 Å². The van der Waals surface area contributed by atoms with Gasteiger partial charge in [-0.25, -0.2) is 0 Å². The minimum Gasteiger partial charge on any atom is -0.481 e. The second-order valence-electron chi connectivity index (χ2n) is 4.59. The number of fused-ring (bicyclic) bond motifs is 1. The highest BCUT2D eigenvalue weighted by atomic mass is 32.1. The molecule has 0 saturated carbocycles. The fraction of sp³-hybridized carbons (Fsp3) is 0.286. The van der Waals surface area contributed by atoms with Gasteiger partial charge in [-0.1, -0.05) is 6.92 Å². The van der Waals surface area contributed by atoms with Crippen LogP contribution >= 0.6 is 11.3 Å². The molecule has 0 bridgehead atoms. The number of hydrogen-bond acceptors (Lipinski definition) is 3. The van der Waals surface area contributed by atoms with Gasteiger partial charge in [-0.15, -0.1) is 11.3 Å². The van der Waals surface area contributed by atoms with E-state index in [1.165, 1.54) is 0 Å². The van der Waals surface area contributed by atoms with Crippen molar-refractivity contribution in [3.05, 3.63) is 35.2 Å². The monoisotopic (exact) mass is 277 g/mol. The summed E-state index contributed by atoms with van der Waals surface area (Å²) in [4.78, 5) is 22.5. The SMILES string of the molecule is CC(CNC(=O)c1ccc2sccc2c1)CC(=O)O. The molecule has 4 nitrogen and oxygen atoms in total. The number of aliphatic carboxylic acids is 1. The van der Waals surface area contributed by atoms with Crippen LogP contribution in [0.3, 0.4) is 0 Å². The summed E-state index contributed by atoms with van der Waals surface area (Å²) in [7, 11) is 0. The molecule has 0 fully saturated rings. The fourth-order valence-electron chi connectivity index (χ4n) is 1.85. The van der Waals surface area contributed by atoms with Crippen LogP contribution in [0.4, 0.5) is 0 Å². The van der Waals surface area contributed by atoms with Crippen LogP contribution in [0.25, 0.3) is 10.1 Å². The molecular formula is C14H15NO3S. The lowest BCUT2D eigenvalue weighted by atomic mass is 10.1. The van der Waals surface area contributed by atoms with Crippen molar-refractivity contribution in [1.29, 1.82) is 0 Å². The van der Waals surface area contributed by atoms with Crippen molar-refractivity contribution in [2.75, 3.05) is 6.54 Å². The van der Waals surface area contributed by atoms with E-state index in [9.17, 15) is 9.59 Å². The van der Waals surface area contributed by atoms with Crippen LogP contribution in [0.5, 0.6) is 0 Å². The van der Waals surface area contributed by atoms with E-state index in [0.29, 0.717) is 12.1 Å². The molecule has 1 atom stereocenters. The summed E-state index contributed by atoms with van der Waals surface area (Å²) in [5.41, 5.74) is 0.605. The predicted molar refractivity (Wildman–Crippen MR) is 75.6 cm³/mol. The molecule has 0 spiro atoms. The van der Waals surface area contributed by atoms with Gasteiger partial charge in [-0.2, -0.15) is 0 Å². The number of nitrogens with one attached hydrogen (secondary N) is 1. The molecule has 1 heterocycles. The van der Waals surface area contributed by atoms with E-state index in [-0.39, 0.29) is 18.2 Å². The van der Waals surface area contributed by atoms with Gasteiger partial charge in [0.05, 0.1) is 0 Å². The molecule has 0 aliphatic carbocycles. The Kier molecular flexibility index (Phi) is 4.16. The number of carboxylic acids is 1. The molecule has 1 amide bonds. The van der Waals surface area contributed by atoms with Crippen molar-refractivity contribution < 1.29 is 14.7 Å². The highest BCUT2D eigenvalue weighted by Gasteiger charge is 2.11. The third-order valence-electron chi connectivity index (χ3n) is 2.85. The van der Waals surface area contributed by atoms with Crippen molar-refractivity contribution in [2.45, 2.75) is 13.3 Å². The molecule has 0 radical (unpaired) electrons. The summed E-state index contributed by atoms with van der Waals surface area (Å²) in [5, 5.41) is 14.5. The number of carboxylic acid groups (broad SMARTS) is 1. The third-order valence-corrected chi connectivity index (χ3v) is 3.75. The Hall–Kier alpha value is -1.88. The Bertz CT molecular complexity index is 606. The molecule has 2 N–H and O–H groups in total. The van der Waals surface area contributed by atoms with Crippen molar-refractivity contribution in [3.8, 4) is 0 Å². The number of carbonyl (C=O) groups is 2. The molecule has 19 heavy (non-hydrogen) atoms. The van der Waals surface area contributed by atoms with Gasteiger partial charge in [0, 0.05) is 23.2 Å². The van der Waals surface area contributed by atoms with Gasteiger partial charge in [0.1, 0.15) is 0 Å². The van der Waals surface area contributed by atoms with Gasteiger partial charge in [-0.3, -0.25) is 9.59 Å². The maximum Gasteiger partial charge on any atom is 0.303 e. The van der Waals surface area contributed by atoms with E-state index in [2.05, 4.69) is 5.32 Å². The first kappa shape index (κ1) is 13.5. The summed E-state index contributed by atoms with van der Waals surface area (Å²) < 4.78 is 1.15. The van der Waals surface area contributed by atoms with Crippen LogP contribution in [0.1, 0.15) is 23.7 Å². The Morgan fingerprint density at radius 3 is 2.89 bits per heavy atom. The maximum atomic E-state index is 11.9. The van der Waals surface area contributed by atoms with Crippen molar-refractivity contribution in [2.24, 2.45) is 5.92 Å². The second kappa shape index (κ2) is 5.84. The van der Waals surface area contributed by atoms with E-state index >= 15 is 0 Å². The normalized spacial score (nSPS) is 12.3. The summed E-state index contributed by atoms with van der Waals surface area (Å²) >= 11 is 1.64. The highest BCUT2D eigenvalue weighted by molar-refractivity contribution is 7.17. The lowest BCUT2D eigenvalue weighted by Crippen LogP contribution is -2.29. The van der Waals surface area contributed by atoms with Gasteiger partial charge in [0.2, 0.25) is 0 Å². The average molecular weight is 277 g/mol. The zero-order valence-corrected chi connectivity index (χ0v) is 11.4. The zero-order valence-electron chi connectivity index (χ0n) is 10.6. The Balaban J connectivity index is 1.97. The lowest BCUT2D eigenvalue weighted by Gasteiger charge is -2.10. The van der Waals surface area contributed by atoms with Gasteiger partial charge in [0.15, 0.2) is 0 Å². The molecule has 0 aliphatic rings. The largest absolute Gasteiger partial charge is 0.481 e. The van der Waals surface area contributed by atoms with E-state index in [1.807, 2.05) is 23.6 Å². The molecule has 0 saturated heterocycles. The molecule has 2 rings (SSSR count). The number of benzene rings is 1. The number of thiophene rings is 1. The molecule has 100 valence electrons. The smallest absolute Gasteiger partial charge is 0.303 e. The molecule has 5 heteroatoms. The summed E-state index contributed by atoms with van der Waals surface area (Å²) in [6.45, 7) is 2.17. The van der Waals surface area contributed by atoms with Crippen LogP contribution in [-0.4, -0.2) is 23.5 Å². The van der Waals surface area contributed by atoms with Crippen LogP contribution in [0.15, 0.2) is 29.6 Å². The summed E-state index contributed by atoms with van der Waals surface area (Å²) in [5.74, 6) is -1.09. The minimum atomic E-state index is -0.846.